The largest absolute Gasteiger partial charge is 0.351 e. The van der Waals surface area contributed by atoms with Crippen LogP contribution >= 0.6 is 0 Å². The molecule has 3 heteroatoms. The summed E-state index contributed by atoms with van der Waals surface area (Å²) in [6, 6.07) is -0.530. The van der Waals surface area contributed by atoms with Crippen LogP contribution in [0.3, 0.4) is 0 Å². The zero-order chi connectivity index (χ0) is 6.85. The molecule has 46 valence electrons. The lowest BCUT2D eigenvalue weighted by Gasteiger charge is -1.94. The van der Waals surface area contributed by atoms with Gasteiger partial charge in [0.15, 0.2) is 6.04 Å². The Morgan fingerprint density at radius 1 is 1.78 bits per heavy atom. The highest BCUT2D eigenvalue weighted by Crippen LogP contribution is 1.94. The van der Waals surface area contributed by atoms with E-state index in [0.29, 0.717) is 5.82 Å². The molecular formula is C6H6N2O. The molecule has 1 rings (SSSR count). The zero-order valence-corrected chi connectivity index (χ0v) is 4.77. The molecule has 0 saturated carbocycles. The van der Waals surface area contributed by atoms with Crippen molar-refractivity contribution in [1.82, 2.24) is 10.6 Å². The van der Waals surface area contributed by atoms with Gasteiger partial charge in [0.25, 0.3) is 5.91 Å². The van der Waals surface area contributed by atoms with Gasteiger partial charge in [-0.25, -0.2) is 0 Å². The number of hydrogen-bond acceptors (Lipinski definition) is 2. The smallest absolute Gasteiger partial charge is 0.260 e. The van der Waals surface area contributed by atoms with Crippen molar-refractivity contribution in [3.8, 4) is 12.3 Å². The SMILES string of the molecule is C#CC1NC(=C)NC1=O. The lowest BCUT2D eigenvalue weighted by molar-refractivity contribution is -0.119. The molecule has 1 atom stereocenters. The summed E-state index contributed by atoms with van der Waals surface area (Å²) in [7, 11) is 0. The summed E-state index contributed by atoms with van der Waals surface area (Å²) in [4.78, 5) is 10.6. The second-order valence-electron chi connectivity index (χ2n) is 1.71. The Morgan fingerprint density at radius 3 is 2.67 bits per heavy atom. The van der Waals surface area contributed by atoms with Crippen molar-refractivity contribution in [2.75, 3.05) is 0 Å². The number of nitrogens with one attached hydrogen (secondary N) is 2. The predicted molar refractivity (Wildman–Crippen MR) is 33.0 cm³/mol. The van der Waals surface area contributed by atoms with Crippen molar-refractivity contribution >= 4 is 5.91 Å². The standard InChI is InChI=1S/C6H6N2O/c1-3-5-6(9)8-4(2)7-5/h1,5,7H,2H2,(H,8,9). The van der Waals surface area contributed by atoms with Crippen molar-refractivity contribution in [2.24, 2.45) is 0 Å². The lowest BCUT2D eigenvalue weighted by Crippen LogP contribution is -2.25. The molecule has 0 aromatic rings. The van der Waals surface area contributed by atoms with Gasteiger partial charge in [-0.15, -0.1) is 6.42 Å². The third kappa shape index (κ3) is 0.868. The predicted octanol–water partition coefficient (Wildman–Crippen LogP) is -0.821. The fraction of sp³-hybridized carbons (Fsp3) is 0.167. The first-order chi connectivity index (χ1) is 4.24. The summed E-state index contributed by atoms with van der Waals surface area (Å²) in [6.07, 6.45) is 4.97. The Hall–Kier alpha value is -1.43. The molecule has 0 aliphatic carbocycles. The maximum Gasteiger partial charge on any atom is 0.260 e. The van der Waals surface area contributed by atoms with Crippen molar-refractivity contribution in [3.63, 3.8) is 0 Å². The minimum Gasteiger partial charge on any atom is -0.351 e. The third-order valence-electron chi connectivity index (χ3n) is 1.02. The van der Waals surface area contributed by atoms with Crippen molar-refractivity contribution in [2.45, 2.75) is 6.04 Å². The van der Waals surface area contributed by atoms with E-state index in [1.807, 2.05) is 0 Å². The van der Waals surface area contributed by atoms with Gasteiger partial charge in [0.2, 0.25) is 0 Å². The van der Waals surface area contributed by atoms with Crippen LogP contribution in [0.25, 0.3) is 0 Å². The van der Waals surface area contributed by atoms with Gasteiger partial charge in [0.05, 0.1) is 5.82 Å². The van der Waals surface area contributed by atoms with Crippen LogP contribution in [0, 0.1) is 12.3 Å². The van der Waals surface area contributed by atoms with Crippen LogP contribution in [0.2, 0.25) is 0 Å². The van der Waals surface area contributed by atoms with E-state index in [-0.39, 0.29) is 5.91 Å². The lowest BCUT2D eigenvalue weighted by atomic mass is 10.3. The molecule has 0 bridgehead atoms. The van der Waals surface area contributed by atoms with E-state index in [1.165, 1.54) is 0 Å². The molecule has 0 spiro atoms. The minimum absolute atomic E-state index is 0.206. The zero-order valence-electron chi connectivity index (χ0n) is 4.77. The van der Waals surface area contributed by atoms with Crippen LogP contribution in [0.15, 0.2) is 12.4 Å². The van der Waals surface area contributed by atoms with E-state index < -0.39 is 6.04 Å². The van der Waals surface area contributed by atoms with Crippen molar-refractivity contribution < 1.29 is 4.79 Å². The highest BCUT2D eigenvalue weighted by molar-refractivity contribution is 5.89. The molecule has 1 aliphatic heterocycles. The Balaban J connectivity index is 2.72. The second kappa shape index (κ2) is 1.82. The molecule has 1 aliphatic rings. The molecule has 0 aromatic heterocycles. The Kier molecular flexibility index (Phi) is 1.16. The van der Waals surface area contributed by atoms with E-state index >= 15 is 0 Å². The van der Waals surface area contributed by atoms with E-state index in [4.69, 9.17) is 6.42 Å². The summed E-state index contributed by atoms with van der Waals surface area (Å²) in [6.45, 7) is 3.46. The fourth-order valence-corrected chi connectivity index (χ4v) is 0.614. The Bertz CT molecular complexity index is 202. The number of rotatable bonds is 0. The van der Waals surface area contributed by atoms with Crippen LogP contribution < -0.4 is 10.6 Å². The van der Waals surface area contributed by atoms with E-state index in [2.05, 4.69) is 23.1 Å². The molecule has 1 heterocycles. The minimum atomic E-state index is -0.530. The number of terminal acetylenes is 1. The molecule has 3 nitrogen and oxygen atoms in total. The molecular weight excluding hydrogens is 116 g/mol. The third-order valence-corrected chi connectivity index (χ3v) is 1.02. The molecule has 1 unspecified atom stereocenters. The first-order valence-electron chi connectivity index (χ1n) is 2.46. The van der Waals surface area contributed by atoms with Crippen LogP contribution in [0.4, 0.5) is 0 Å². The van der Waals surface area contributed by atoms with Gasteiger partial charge in [0.1, 0.15) is 0 Å². The second-order valence-corrected chi connectivity index (χ2v) is 1.71. The van der Waals surface area contributed by atoms with Gasteiger partial charge in [-0.3, -0.25) is 4.79 Å². The number of carbonyl (C=O) groups is 1. The molecule has 1 fully saturated rings. The van der Waals surface area contributed by atoms with Crippen molar-refractivity contribution in [3.05, 3.63) is 12.4 Å². The molecule has 9 heavy (non-hydrogen) atoms. The quantitative estimate of drug-likeness (QED) is 0.412. The topological polar surface area (TPSA) is 41.1 Å². The van der Waals surface area contributed by atoms with E-state index in [1.54, 1.807) is 0 Å². The van der Waals surface area contributed by atoms with Crippen molar-refractivity contribution in [1.29, 1.82) is 0 Å². The summed E-state index contributed by atoms with van der Waals surface area (Å²) in [5, 5.41) is 5.09. The summed E-state index contributed by atoms with van der Waals surface area (Å²) < 4.78 is 0. The fourth-order valence-electron chi connectivity index (χ4n) is 0.614. The van der Waals surface area contributed by atoms with Crippen LogP contribution in [0.5, 0.6) is 0 Å². The number of hydrogen-bond donors (Lipinski definition) is 2. The Labute approximate surface area is 53.1 Å². The number of amides is 1. The average Bonchev–Trinajstić information content (AvgIpc) is 2.10. The van der Waals surface area contributed by atoms with Gasteiger partial charge in [-0.2, -0.15) is 0 Å². The highest BCUT2D eigenvalue weighted by Gasteiger charge is 2.22. The molecule has 0 radical (unpaired) electrons. The number of carbonyl (C=O) groups excluding carboxylic acids is 1. The maximum absolute atomic E-state index is 10.6. The van der Waals surface area contributed by atoms with Gasteiger partial charge in [-0.1, -0.05) is 12.5 Å². The average molecular weight is 122 g/mol. The first-order valence-corrected chi connectivity index (χ1v) is 2.46. The highest BCUT2D eigenvalue weighted by atomic mass is 16.2. The molecule has 2 N–H and O–H groups in total. The summed E-state index contributed by atoms with van der Waals surface area (Å²) >= 11 is 0. The molecule has 0 aromatic carbocycles. The monoisotopic (exact) mass is 122 g/mol. The Morgan fingerprint density at radius 2 is 2.44 bits per heavy atom. The van der Waals surface area contributed by atoms with Gasteiger partial charge in [0, 0.05) is 0 Å². The van der Waals surface area contributed by atoms with Crippen LogP contribution in [-0.4, -0.2) is 11.9 Å². The van der Waals surface area contributed by atoms with Gasteiger partial charge >= 0.3 is 0 Å². The van der Waals surface area contributed by atoms with Crippen LogP contribution in [0.1, 0.15) is 0 Å². The van der Waals surface area contributed by atoms with E-state index in [0.717, 1.165) is 0 Å². The first kappa shape index (κ1) is 5.70. The molecule has 1 saturated heterocycles. The molecule has 1 amide bonds. The maximum atomic E-state index is 10.6. The van der Waals surface area contributed by atoms with E-state index in [9.17, 15) is 4.79 Å². The van der Waals surface area contributed by atoms with Gasteiger partial charge < -0.3 is 10.6 Å². The normalized spacial score (nSPS) is 24.6. The van der Waals surface area contributed by atoms with Gasteiger partial charge in [-0.05, 0) is 0 Å². The summed E-state index contributed by atoms with van der Waals surface area (Å²) in [5.41, 5.74) is 0. The van der Waals surface area contributed by atoms with Crippen LogP contribution in [-0.2, 0) is 4.79 Å². The summed E-state index contributed by atoms with van der Waals surface area (Å²) in [5.74, 6) is 2.53.